The third kappa shape index (κ3) is 3.00. The third-order valence-corrected chi connectivity index (χ3v) is 4.34. The van der Waals surface area contributed by atoms with E-state index in [2.05, 4.69) is 50.9 Å². The largest absolute Gasteiger partial charge is 1.00 e. The Morgan fingerprint density at radius 2 is 1.82 bits per heavy atom. The second-order valence-electron chi connectivity index (χ2n) is 6.61. The number of unbranched alkanes of at least 4 members (excludes halogenated alkanes) is 1. The molecule has 0 bridgehead atoms. The summed E-state index contributed by atoms with van der Waals surface area (Å²) in [5.74, 6) is 1.71. The molecule has 0 amide bonds. The highest BCUT2D eigenvalue weighted by Crippen LogP contribution is 2.39. The predicted octanol–water partition coefficient (Wildman–Crippen LogP) is 1.16. The molecule has 1 aliphatic rings. The maximum atomic E-state index is 5.55. The molecule has 2 heterocycles. The zero-order chi connectivity index (χ0) is 15.0. The normalized spacial score (nSPS) is 13.3. The van der Waals surface area contributed by atoms with Gasteiger partial charge in [0, 0.05) is 18.4 Å². The van der Waals surface area contributed by atoms with Crippen LogP contribution in [-0.4, -0.2) is 6.79 Å². The summed E-state index contributed by atoms with van der Waals surface area (Å²) < 4.78 is 11.1. The SMILES string of the molecule is CCCCC(C)(C)c1[nH+]c(C)cc2cc3c(cc12)OCO3.[Cl-]. The molecule has 0 radical (unpaired) electrons. The highest BCUT2D eigenvalue weighted by Gasteiger charge is 2.30. The van der Waals surface area contributed by atoms with Gasteiger partial charge in [-0.3, -0.25) is 0 Å². The van der Waals surface area contributed by atoms with Crippen LogP contribution in [-0.2, 0) is 5.41 Å². The Labute approximate surface area is 138 Å². The molecule has 1 aromatic carbocycles. The molecule has 1 aromatic heterocycles. The van der Waals surface area contributed by atoms with Gasteiger partial charge >= 0.3 is 0 Å². The van der Waals surface area contributed by atoms with Crippen LogP contribution in [0.4, 0.5) is 0 Å². The Kier molecular flexibility index (Phi) is 4.86. The number of hydrogen-bond acceptors (Lipinski definition) is 2. The van der Waals surface area contributed by atoms with Crippen LogP contribution < -0.4 is 26.9 Å². The van der Waals surface area contributed by atoms with Gasteiger partial charge in [0.1, 0.15) is 0 Å². The summed E-state index contributed by atoms with van der Waals surface area (Å²) in [6.07, 6.45) is 3.63. The number of aromatic amines is 1. The van der Waals surface area contributed by atoms with Crippen molar-refractivity contribution in [2.24, 2.45) is 0 Å². The number of aryl methyl sites for hydroxylation is 1. The van der Waals surface area contributed by atoms with Gasteiger partial charge in [-0.05, 0) is 37.8 Å². The van der Waals surface area contributed by atoms with Gasteiger partial charge in [0.15, 0.2) is 22.9 Å². The van der Waals surface area contributed by atoms with E-state index in [0.717, 1.165) is 11.5 Å². The van der Waals surface area contributed by atoms with Gasteiger partial charge in [0.05, 0.1) is 5.39 Å². The molecule has 3 nitrogen and oxygen atoms in total. The second-order valence-corrected chi connectivity index (χ2v) is 6.61. The molecule has 0 atom stereocenters. The van der Waals surface area contributed by atoms with Gasteiger partial charge < -0.3 is 21.9 Å². The summed E-state index contributed by atoms with van der Waals surface area (Å²) in [7, 11) is 0. The van der Waals surface area contributed by atoms with Crippen LogP contribution in [0.5, 0.6) is 11.5 Å². The van der Waals surface area contributed by atoms with Crippen molar-refractivity contribution in [2.45, 2.75) is 52.4 Å². The van der Waals surface area contributed by atoms with E-state index in [1.165, 1.54) is 41.4 Å². The van der Waals surface area contributed by atoms with Gasteiger partial charge in [-0.2, -0.15) is 0 Å². The van der Waals surface area contributed by atoms with E-state index in [9.17, 15) is 0 Å². The minimum Gasteiger partial charge on any atom is -1.00 e. The maximum Gasteiger partial charge on any atom is 0.231 e. The van der Waals surface area contributed by atoms with E-state index >= 15 is 0 Å². The molecule has 0 aliphatic carbocycles. The molecule has 1 N–H and O–H groups in total. The first-order chi connectivity index (χ1) is 10.0. The van der Waals surface area contributed by atoms with Crippen molar-refractivity contribution in [3.8, 4) is 11.5 Å². The zero-order valence-electron chi connectivity index (χ0n) is 13.8. The first kappa shape index (κ1) is 16.9. The number of pyridine rings is 1. The van der Waals surface area contributed by atoms with Crippen LogP contribution in [0.2, 0.25) is 0 Å². The van der Waals surface area contributed by atoms with E-state index < -0.39 is 0 Å². The van der Waals surface area contributed by atoms with Gasteiger partial charge in [0.25, 0.3) is 0 Å². The number of halogens is 1. The summed E-state index contributed by atoms with van der Waals surface area (Å²) in [6, 6.07) is 6.39. The molecular formula is C18H24ClNO2. The number of rotatable bonds is 4. The van der Waals surface area contributed by atoms with Gasteiger partial charge in [-0.1, -0.05) is 19.8 Å². The molecule has 22 heavy (non-hydrogen) atoms. The van der Waals surface area contributed by atoms with Crippen LogP contribution in [0.15, 0.2) is 18.2 Å². The molecule has 0 saturated heterocycles. The monoisotopic (exact) mass is 321 g/mol. The fourth-order valence-electron chi connectivity index (χ4n) is 3.10. The van der Waals surface area contributed by atoms with Gasteiger partial charge in [-0.25, -0.2) is 4.98 Å². The van der Waals surface area contributed by atoms with Crippen molar-refractivity contribution < 1.29 is 26.9 Å². The molecule has 1 aliphatic heterocycles. The predicted molar refractivity (Wildman–Crippen MR) is 83.9 cm³/mol. The summed E-state index contributed by atoms with van der Waals surface area (Å²) in [5, 5.41) is 2.46. The highest BCUT2D eigenvalue weighted by atomic mass is 35.5. The van der Waals surface area contributed by atoms with Crippen molar-refractivity contribution >= 4 is 10.8 Å². The smallest absolute Gasteiger partial charge is 0.231 e. The topological polar surface area (TPSA) is 32.6 Å². The third-order valence-electron chi connectivity index (χ3n) is 4.34. The van der Waals surface area contributed by atoms with E-state index in [-0.39, 0.29) is 17.8 Å². The Bertz CT molecular complexity index is 682. The molecule has 0 saturated carbocycles. The fourth-order valence-corrected chi connectivity index (χ4v) is 3.10. The van der Waals surface area contributed by atoms with Crippen LogP contribution >= 0.6 is 0 Å². The lowest BCUT2D eigenvalue weighted by molar-refractivity contribution is -0.404. The first-order valence-corrected chi connectivity index (χ1v) is 7.78. The van der Waals surface area contributed by atoms with Crippen molar-refractivity contribution in [1.82, 2.24) is 0 Å². The summed E-state index contributed by atoms with van der Waals surface area (Å²) >= 11 is 0. The van der Waals surface area contributed by atoms with Gasteiger partial charge in [-0.15, -0.1) is 0 Å². The number of H-pyrrole nitrogens is 1. The average Bonchev–Trinajstić information content (AvgIpc) is 2.89. The fraction of sp³-hybridized carbons (Fsp3) is 0.500. The molecular weight excluding hydrogens is 298 g/mol. The summed E-state index contributed by atoms with van der Waals surface area (Å²) in [5.41, 5.74) is 2.60. The quantitative estimate of drug-likeness (QED) is 0.846. The molecule has 0 fully saturated rings. The Morgan fingerprint density at radius 1 is 1.14 bits per heavy atom. The lowest BCUT2D eigenvalue weighted by atomic mass is 9.81. The van der Waals surface area contributed by atoms with E-state index in [1.807, 2.05) is 0 Å². The van der Waals surface area contributed by atoms with Crippen molar-refractivity contribution in [1.29, 1.82) is 0 Å². The molecule has 0 spiro atoms. The molecule has 4 heteroatoms. The number of fused-ring (bicyclic) bond motifs is 2. The molecule has 120 valence electrons. The van der Waals surface area contributed by atoms with Crippen molar-refractivity contribution in [2.75, 3.05) is 6.79 Å². The highest BCUT2D eigenvalue weighted by molar-refractivity contribution is 5.88. The lowest BCUT2D eigenvalue weighted by Gasteiger charge is -2.21. The van der Waals surface area contributed by atoms with Crippen molar-refractivity contribution in [3.63, 3.8) is 0 Å². The Balaban J connectivity index is 0.00000176. The van der Waals surface area contributed by atoms with Crippen LogP contribution in [0.3, 0.4) is 0 Å². The number of hydrogen-bond donors (Lipinski definition) is 0. The lowest BCUT2D eigenvalue weighted by Crippen LogP contribution is -3.00. The molecule has 3 rings (SSSR count). The first-order valence-electron chi connectivity index (χ1n) is 7.78. The number of aromatic nitrogens is 1. The van der Waals surface area contributed by atoms with Crippen LogP contribution in [0.25, 0.3) is 10.8 Å². The summed E-state index contributed by atoms with van der Waals surface area (Å²) in [4.78, 5) is 3.59. The Morgan fingerprint density at radius 3 is 2.50 bits per heavy atom. The zero-order valence-corrected chi connectivity index (χ0v) is 14.5. The standard InChI is InChI=1S/C18H23NO2.ClH/c1-5-6-7-18(3,4)17-14-10-16-15(20-11-21-16)9-13(14)8-12(2)19-17;/h8-10H,5-7,11H2,1-4H3;1H. The van der Waals surface area contributed by atoms with E-state index in [4.69, 9.17) is 9.47 Å². The molecule has 0 unspecified atom stereocenters. The van der Waals surface area contributed by atoms with Crippen molar-refractivity contribution in [3.05, 3.63) is 29.6 Å². The number of benzene rings is 1. The van der Waals surface area contributed by atoms with E-state index in [1.54, 1.807) is 0 Å². The Hall–Kier alpha value is -1.48. The summed E-state index contributed by atoms with van der Waals surface area (Å²) in [6.45, 7) is 9.31. The number of nitrogens with one attached hydrogen (secondary N) is 1. The van der Waals surface area contributed by atoms with Gasteiger partial charge in [0.2, 0.25) is 6.79 Å². The molecule has 2 aromatic rings. The van der Waals surface area contributed by atoms with Crippen LogP contribution in [0, 0.1) is 6.92 Å². The minimum absolute atomic E-state index is 0. The second kappa shape index (κ2) is 6.33. The maximum absolute atomic E-state index is 5.55. The minimum atomic E-state index is 0. The van der Waals surface area contributed by atoms with Crippen LogP contribution in [0.1, 0.15) is 51.4 Å². The number of ether oxygens (including phenoxy) is 2. The van der Waals surface area contributed by atoms with E-state index in [0.29, 0.717) is 6.79 Å². The average molecular weight is 322 g/mol.